The third-order valence-corrected chi connectivity index (χ3v) is 4.74. The molecule has 0 aromatic carbocycles. The van der Waals surface area contributed by atoms with E-state index in [0.717, 1.165) is 5.56 Å². The molecule has 9 heteroatoms. The lowest BCUT2D eigenvalue weighted by molar-refractivity contribution is 0.102. The monoisotopic (exact) mass is 407 g/mol. The number of nitrogens with zero attached hydrogens (tertiary/aromatic N) is 4. The van der Waals surface area contributed by atoms with Crippen LogP contribution in [0.25, 0.3) is 22.6 Å². The number of amides is 1. The number of ether oxygens (including phenoxy) is 1. The van der Waals surface area contributed by atoms with Gasteiger partial charge in [0.05, 0.1) is 24.1 Å². The first-order chi connectivity index (χ1) is 14.1. The molecule has 1 N–H and O–H groups in total. The number of nitrogens with one attached hydrogen (secondary N) is 1. The smallest absolute Gasteiger partial charge is 0.259 e. The molecule has 0 saturated carbocycles. The highest BCUT2D eigenvalue weighted by molar-refractivity contribution is 7.14. The minimum atomic E-state index is -0.403. The molecule has 0 aliphatic rings. The Bertz CT molecular complexity index is 1170. The predicted molar refractivity (Wildman–Crippen MR) is 107 cm³/mol. The van der Waals surface area contributed by atoms with Crippen molar-refractivity contribution < 1.29 is 13.9 Å². The number of hydrogen-bond acceptors (Lipinski definition) is 7. The molecule has 4 heterocycles. The van der Waals surface area contributed by atoms with Crippen LogP contribution in [0.15, 0.2) is 60.4 Å². The largest absolute Gasteiger partial charge is 0.481 e. The van der Waals surface area contributed by atoms with E-state index < -0.39 is 5.82 Å². The quantitative estimate of drug-likeness (QED) is 0.537. The summed E-state index contributed by atoms with van der Waals surface area (Å²) in [5.41, 5.74) is 2.43. The molecule has 1 amide bonds. The molecular weight excluding hydrogens is 393 g/mol. The average molecular weight is 407 g/mol. The number of carbonyl (C=O) groups is 1. The first-order valence-electron chi connectivity index (χ1n) is 8.48. The SMILES string of the molecule is COc1ccc(C(=O)Nc2nc(-c3cc(F)ccn3)cs2)c(-c2ccncc2)n1. The lowest BCUT2D eigenvalue weighted by atomic mass is 10.1. The lowest BCUT2D eigenvalue weighted by Gasteiger charge is -2.10. The van der Waals surface area contributed by atoms with E-state index in [-0.39, 0.29) is 5.91 Å². The Hall–Kier alpha value is -3.72. The number of carbonyl (C=O) groups excluding carboxylic acids is 1. The topological polar surface area (TPSA) is 89.9 Å². The molecular formula is C20H14FN5O2S. The van der Waals surface area contributed by atoms with E-state index in [0.29, 0.717) is 33.7 Å². The molecule has 4 aromatic heterocycles. The number of hydrogen-bond donors (Lipinski definition) is 1. The van der Waals surface area contributed by atoms with E-state index in [1.54, 1.807) is 42.0 Å². The third kappa shape index (κ3) is 4.09. The molecule has 7 nitrogen and oxygen atoms in total. The van der Waals surface area contributed by atoms with Crippen molar-refractivity contribution in [2.45, 2.75) is 0 Å². The van der Waals surface area contributed by atoms with E-state index in [1.165, 1.54) is 36.8 Å². The first-order valence-corrected chi connectivity index (χ1v) is 9.36. The van der Waals surface area contributed by atoms with Gasteiger partial charge in [-0.2, -0.15) is 0 Å². The van der Waals surface area contributed by atoms with Crippen molar-refractivity contribution in [2.24, 2.45) is 0 Å². The maximum Gasteiger partial charge on any atom is 0.259 e. The maximum atomic E-state index is 13.4. The zero-order chi connectivity index (χ0) is 20.2. The standard InChI is InChI=1S/C20H14FN5O2S/c1-28-17-3-2-14(18(25-17)12-4-7-22-8-5-12)19(27)26-20-24-16(11-29-20)15-10-13(21)6-9-23-15/h2-11H,1H3,(H,24,26,27). The Morgan fingerprint density at radius 3 is 2.66 bits per heavy atom. The summed E-state index contributed by atoms with van der Waals surface area (Å²) in [6.45, 7) is 0. The van der Waals surface area contributed by atoms with Crippen molar-refractivity contribution >= 4 is 22.4 Å². The van der Waals surface area contributed by atoms with E-state index in [2.05, 4.69) is 25.3 Å². The second kappa shape index (κ2) is 8.11. The van der Waals surface area contributed by atoms with Gasteiger partial charge in [-0.1, -0.05) is 0 Å². The summed E-state index contributed by atoms with van der Waals surface area (Å²) in [5.74, 6) is -0.387. The fourth-order valence-corrected chi connectivity index (χ4v) is 3.33. The molecule has 4 rings (SSSR count). The van der Waals surface area contributed by atoms with Crippen molar-refractivity contribution in [3.05, 3.63) is 71.7 Å². The zero-order valence-corrected chi connectivity index (χ0v) is 16.0. The number of halogens is 1. The number of anilines is 1. The molecule has 0 radical (unpaired) electrons. The summed E-state index contributed by atoms with van der Waals surface area (Å²) < 4.78 is 18.6. The Balaban J connectivity index is 1.63. The number of rotatable bonds is 5. The van der Waals surface area contributed by atoms with Crippen LogP contribution in [0, 0.1) is 5.82 Å². The van der Waals surface area contributed by atoms with Crippen LogP contribution in [0.2, 0.25) is 0 Å². The second-order valence-corrected chi connectivity index (χ2v) is 6.70. The molecule has 0 aliphatic carbocycles. The highest BCUT2D eigenvalue weighted by atomic mass is 32.1. The zero-order valence-electron chi connectivity index (χ0n) is 15.2. The Morgan fingerprint density at radius 2 is 1.90 bits per heavy atom. The van der Waals surface area contributed by atoms with E-state index in [4.69, 9.17) is 4.74 Å². The van der Waals surface area contributed by atoms with Crippen LogP contribution in [0.5, 0.6) is 5.88 Å². The molecule has 0 spiro atoms. The summed E-state index contributed by atoms with van der Waals surface area (Å²) in [5, 5.41) is 4.83. The van der Waals surface area contributed by atoms with Gasteiger partial charge in [-0.15, -0.1) is 11.3 Å². The molecule has 0 unspecified atom stereocenters. The van der Waals surface area contributed by atoms with Gasteiger partial charge in [0.1, 0.15) is 11.5 Å². The third-order valence-electron chi connectivity index (χ3n) is 3.99. The van der Waals surface area contributed by atoms with Crippen LogP contribution in [0.1, 0.15) is 10.4 Å². The average Bonchev–Trinajstić information content (AvgIpc) is 3.22. The van der Waals surface area contributed by atoms with Gasteiger partial charge >= 0.3 is 0 Å². The summed E-state index contributed by atoms with van der Waals surface area (Å²) >= 11 is 1.22. The predicted octanol–water partition coefficient (Wildman–Crippen LogP) is 4.06. The molecule has 144 valence electrons. The van der Waals surface area contributed by atoms with Crippen LogP contribution >= 0.6 is 11.3 Å². The highest BCUT2D eigenvalue weighted by Crippen LogP contribution is 2.27. The van der Waals surface area contributed by atoms with Crippen molar-refractivity contribution in [1.29, 1.82) is 0 Å². The first kappa shape index (κ1) is 18.6. The molecule has 29 heavy (non-hydrogen) atoms. The molecule has 0 fully saturated rings. The molecule has 0 atom stereocenters. The van der Waals surface area contributed by atoms with Crippen LogP contribution in [-0.4, -0.2) is 33.0 Å². The van der Waals surface area contributed by atoms with Gasteiger partial charge in [-0.05, 0) is 24.3 Å². The van der Waals surface area contributed by atoms with Gasteiger partial charge in [0.15, 0.2) is 5.13 Å². The van der Waals surface area contributed by atoms with Crippen molar-refractivity contribution in [1.82, 2.24) is 19.9 Å². The van der Waals surface area contributed by atoms with Gasteiger partial charge in [0.25, 0.3) is 5.91 Å². The Labute approximate surface area is 169 Å². The van der Waals surface area contributed by atoms with Crippen molar-refractivity contribution in [3.63, 3.8) is 0 Å². The number of thiazole rings is 1. The van der Waals surface area contributed by atoms with Gasteiger partial charge in [0, 0.05) is 41.7 Å². The fourth-order valence-electron chi connectivity index (χ4n) is 2.63. The van der Waals surface area contributed by atoms with E-state index in [9.17, 15) is 9.18 Å². The molecule has 0 bridgehead atoms. The van der Waals surface area contributed by atoms with Gasteiger partial charge in [0.2, 0.25) is 5.88 Å². The highest BCUT2D eigenvalue weighted by Gasteiger charge is 2.17. The Kier molecular flexibility index (Phi) is 5.21. The molecule has 0 saturated heterocycles. The minimum absolute atomic E-state index is 0.359. The van der Waals surface area contributed by atoms with E-state index >= 15 is 0 Å². The molecule has 0 aliphatic heterocycles. The second-order valence-electron chi connectivity index (χ2n) is 5.84. The summed E-state index contributed by atoms with van der Waals surface area (Å²) in [6.07, 6.45) is 4.61. The summed E-state index contributed by atoms with van der Waals surface area (Å²) in [6, 6.07) is 9.32. The lowest BCUT2D eigenvalue weighted by Crippen LogP contribution is -2.14. The van der Waals surface area contributed by atoms with Crippen LogP contribution < -0.4 is 10.1 Å². The molecule has 4 aromatic rings. The van der Waals surface area contributed by atoms with Gasteiger partial charge in [-0.3, -0.25) is 20.1 Å². The van der Waals surface area contributed by atoms with Crippen LogP contribution in [-0.2, 0) is 0 Å². The number of pyridine rings is 3. The minimum Gasteiger partial charge on any atom is -0.481 e. The summed E-state index contributed by atoms with van der Waals surface area (Å²) in [4.78, 5) is 29.7. The number of aromatic nitrogens is 4. The van der Waals surface area contributed by atoms with Gasteiger partial charge in [-0.25, -0.2) is 14.4 Å². The maximum absolute atomic E-state index is 13.4. The Morgan fingerprint density at radius 1 is 1.07 bits per heavy atom. The fraction of sp³-hybridized carbons (Fsp3) is 0.0500. The number of methoxy groups -OCH3 is 1. The van der Waals surface area contributed by atoms with Crippen molar-refractivity contribution in [2.75, 3.05) is 12.4 Å². The van der Waals surface area contributed by atoms with Crippen LogP contribution in [0.4, 0.5) is 9.52 Å². The van der Waals surface area contributed by atoms with E-state index in [1.807, 2.05) is 0 Å². The van der Waals surface area contributed by atoms with Crippen LogP contribution in [0.3, 0.4) is 0 Å². The normalized spacial score (nSPS) is 10.6. The van der Waals surface area contributed by atoms with Gasteiger partial charge < -0.3 is 4.74 Å². The van der Waals surface area contributed by atoms with Crippen molar-refractivity contribution in [3.8, 4) is 28.5 Å². The summed E-state index contributed by atoms with van der Waals surface area (Å²) in [7, 11) is 1.51.